The van der Waals surface area contributed by atoms with Gasteiger partial charge in [-0.2, -0.15) is 5.10 Å². The van der Waals surface area contributed by atoms with E-state index in [1.54, 1.807) is 13.3 Å². The third-order valence-electron chi connectivity index (χ3n) is 4.08. The van der Waals surface area contributed by atoms with Gasteiger partial charge >= 0.3 is 0 Å². The number of nitrogens with one attached hydrogen (secondary N) is 1. The van der Waals surface area contributed by atoms with E-state index in [2.05, 4.69) is 42.4 Å². The summed E-state index contributed by atoms with van der Waals surface area (Å²) >= 11 is 13.1. The maximum absolute atomic E-state index is 5.95. The predicted octanol–water partition coefficient (Wildman–Crippen LogP) is 6.58. The van der Waals surface area contributed by atoms with Crippen molar-refractivity contribution in [2.24, 2.45) is 5.10 Å². The van der Waals surface area contributed by atoms with Crippen molar-refractivity contribution < 1.29 is 9.47 Å². The molecule has 0 aliphatic heterocycles. The fourth-order valence-corrected chi connectivity index (χ4v) is 4.20. The second kappa shape index (κ2) is 10.7. The fourth-order valence-electron chi connectivity index (χ4n) is 2.63. The highest BCUT2D eigenvalue weighted by Gasteiger charge is 2.09. The summed E-state index contributed by atoms with van der Waals surface area (Å²) in [5.41, 5.74) is 6.06. The summed E-state index contributed by atoms with van der Waals surface area (Å²) in [5.74, 6) is 1.57. The highest BCUT2D eigenvalue weighted by Crippen LogP contribution is 2.35. The molecular formula is C22H19Br2ClN2O2. The molecule has 150 valence electrons. The minimum absolute atomic E-state index is 0.447. The van der Waals surface area contributed by atoms with Gasteiger partial charge in [0, 0.05) is 10.6 Å². The first kappa shape index (κ1) is 21.7. The first-order chi connectivity index (χ1) is 14.1. The summed E-state index contributed by atoms with van der Waals surface area (Å²) in [4.78, 5) is 0. The Morgan fingerprint density at radius 2 is 1.72 bits per heavy atom. The summed E-state index contributed by atoms with van der Waals surface area (Å²) in [6.07, 6.45) is 1.76. The number of benzene rings is 3. The van der Waals surface area contributed by atoms with Crippen molar-refractivity contribution in [1.82, 2.24) is 5.43 Å². The van der Waals surface area contributed by atoms with Crippen LogP contribution in [0.2, 0.25) is 5.02 Å². The van der Waals surface area contributed by atoms with E-state index in [0.717, 1.165) is 37.1 Å². The van der Waals surface area contributed by atoms with Crippen LogP contribution in [0.15, 0.2) is 74.7 Å². The van der Waals surface area contributed by atoms with Crippen LogP contribution in [0.5, 0.6) is 11.5 Å². The highest BCUT2D eigenvalue weighted by molar-refractivity contribution is 9.11. The molecule has 0 aliphatic rings. The molecule has 0 aliphatic carbocycles. The van der Waals surface area contributed by atoms with Gasteiger partial charge in [0.05, 0.1) is 28.8 Å². The Kier molecular flexibility index (Phi) is 7.98. The first-order valence-electron chi connectivity index (χ1n) is 8.81. The maximum atomic E-state index is 5.95. The highest BCUT2D eigenvalue weighted by atomic mass is 79.9. The Morgan fingerprint density at radius 3 is 2.41 bits per heavy atom. The average molecular weight is 539 g/mol. The minimum Gasteiger partial charge on any atom is -0.496 e. The molecule has 0 unspecified atom stereocenters. The van der Waals surface area contributed by atoms with E-state index in [9.17, 15) is 0 Å². The van der Waals surface area contributed by atoms with Gasteiger partial charge in [0.25, 0.3) is 0 Å². The van der Waals surface area contributed by atoms with Crippen LogP contribution >= 0.6 is 43.5 Å². The van der Waals surface area contributed by atoms with Crippen LogP contribution in [0.3, 0.4) is 0 Å². The number of methoxy groups -OCH3 is 1. The molecule has 0 saturated heterocycles. The zero-order valence-corrected chi connectivity index (χ0v) is 19.6. The predicted molar refractivity (Wildman–Crippen MR) is 125 cm³/mol. The molecular weight excluding hydrogens is 520 g/mol. The number of hydrazone groups is 1. The Bertz CT molecular complexity index is 971. The first-order valence-corrected chi connectivity index (χ1v) is 10.8. The van der Waals surface area contributed by atoms with E-state index < -0.39 is 0 Å². The molecule has 0 bridgehead atoms. The lowest BCUT2D eigenvalue weighted by Gasteiger charge is -2.11. The Balaban J connectivity index is 1.61. The van der Waals surface area contributed by atoms with Gasteiger partial charge in [-0.25, -0.2) is 0 Å². The number of hydrogen-bond donors (Lipinski definition) is 1. The molecule has 29 heavy (non-hydrogen) atoms. The molecule has 4 nitrogen and oxygen atoms in total. The van der Waals surface area contributed by atoms with Gasteiger partial charge in [0.1, 0.15) is 18.1 Å². The van der Waals surface area contributed by atoms with E-state index in [1.165, 1.54) is 0 Å². The number of rotatable bonds is 8. The molecule has 0 spiro atoms. The summed E-state index contributed by atoms with van der Waals surface area (Å²) < 4.78 is 13.0. The van der Waals surface area contributed by atoms with Crippen LogP contribution in [0.4, 0.5) is 0 Å². The van der Waals surface area contributed by atoms with Gasteiger partial charge in [-0.1, -0.05) is 41.9 Å². The standard InChI is InChI=1S/C22H19Br2ClN2O2/c1-28-21-5-3-2-4-17(21)13-27-26-12-16-10-19(23)22(20(24)11-16)29-14-15-6-8-18(25)9-7-15/h2-12,27H,13-14H2,1H3/b26-12+. The number of nitrogens with zero attached hydrogens (tertiary/aromatic N) is 1. The molecule has 7 heteroatoms. The fraction of sp³-hybridized carbons (Fsp3) is 0.136. The van der Waals surface area contributed by atoms with E-state index in [1.807, 2.05) is 60.7 Å². The van der Waals surface area contributed by atoms with E-state index in [-0.39, 0.29) is 0 Å². The monoisotopic (exact) mass is 536 g/mol. The molecule has 0 fully saturated rings. The average Bonchev–Trinajstić information content (AvgIpc) is 2.72. The lowest BCUT2D eigenvalue weighted by Crippen LogP contribution is -2.07. The smallest absolute Gasteiger partial charge is 0.148 e. The molecule has 1 N–H and O–H groups in total. The van der Waals surface area contributed by atoms with Gasteiger partial charge in [0.2, 0.25) is 0 Å². The van der Waals surface area contributed by atoms with Crippen LogP contribution in [0.1, 0.15) is 16.7 Å². The molecule has 3 aromatic rings. The minimum atomic E-state index is 0.447. The third kappa shape index (κ3) is 6.23. The van der Waals surface area contributed by atoms with Crippen molar-refractivity contribution in [3.8, 4) is 11.5 Å². The Morgan fingerprint density at radius 1 is 1.03 bits per heavy atom. The summed E-state index contributed by atoms with van der Waals surface area (Å²) in [7, 11) is 1.66. The van der Waals surface area contributed by atoms with Crippen LogP contribution in [-0.4, -0.2) is 13.3 Å². The molecule has 0 saturated carbocycles. The van der Waals surface area contributed by atoms with Gasteiger partial charge < -0.3 is 14.9 Å². The maximum Gasteiger partial charge on any atom is 0.148 e. The number of para-hydroxylation sites is 1. The van der Waals surface area contributed by atoms with Crippen molar-refractivity contribution >= 4 is 49.7 Å². The number of hydrogen-bond acceptors (Lipinski definition) is 4. The third-order valence-corrected chi connectivity index (χ3v) is 5.51. The van der Waals surface area contributed by atoms with Gasteiger partial charge in [0.15, 0.2) is 0 Å². The molecule has 0 atom stereocenters. The van der Waals surface area contributed by atoms with Crippen molar-refractivity contribution in [2.75, 3.05) is 7.11 Å². The van der Waals surface area contributed by atoms with Crippen molar-refractivity contribution in [1.29, 1.82) is 0 Å². The van der Waals surface area contributed by atoms with Crippen LogP contribution < -0.4 is 14.9 Å². The topological polar surface area (TPSA) is 42.8 Å². The molecule has 0 heterocycles. The van der Waals surface area contributed by atoms with E-state index >= 15 is 0 Å². The molecule has 0 aromatic heterocycles. The SMILES string of the molecule is COc1ccccc1CN/N=C/c1cc(Br)c(OCc2ccc(Cl)cc2)c(Br)c1. The summed E-state index contributed by atoms with van der Waals surface area (Å²) in [6, 6.07) is 19.3. The number of halogens is 3. The molecule has 3 aromatic carbocycles. The second-order valence-corrected chi connectivity index (χ2v) is 8.28. The molecule has 3 rings (SSSR count). The number of ether oxygens (including phenoxy) is 2. The van der Waals surface area contributed by atoms with Gasteiger partial charge in [-0.3, -0.25) is 0 Å². The zero-order valence-electron chi connectivity index (χ0n) is 15.7. The van der Waals surface area contributed by atoms with Crippen LogP contribution in [-0.2, 0) is 13.2 Å². The lowest BCUT2D eigenvalue weighted by molar-refractivity contribution is 0.302. The van der Waals surface area contributed by atoms with Crippen LogP contribution in [0, 0.1) is 0 Å². The van der Waals surface area contributed by atoms with Crippen molar-refractivity contribution in [3.63, 3.8) is 0 Å². The normalized spacial score (nSPS) is 10.9. The van der Waals surface area contributed by atoms with E-state index in [4.69, 9.17) is 21.1 Å². The van der Waals surface area contributed by atoms with Crippen LogP contribution in [0.25, 0.3) is 0 Å². The summed E-state index contributed by atoms with van der Waals surface area (Å²) in [6.45, 7) is 1.02. The van der Waals surface area contributed by atoms with Crippen molar-refractivity contribution in [3.05, 3.63) is 91.3 Å². The van der Waals surface area contributed by atoms with Gasteiger partial charge in [-0.05, 0) is 73.3 Å². The lowest BCUT2D eigenvalue weighted by atomic mass is 10.2. The quantitative estimate of drug-likeness (QED) is 0.260. The second-order valence-electron chi connectivity index (χ2n) is 6.13. The van der Waals surface area contributed by atoms with Crippen molar-refractivity contribution in [2.45, 2.75) is 13.2 Å². The largest absolute Gasteiger partial charge is 0.496 e. The van der Waals surface area contributed by atoms with Gasteiger partial charge in [-0.15, -0.1) is 0 Å². The Labute approximate surface area is 192 Å². The Hall–Kier alpha value is -2.02. The summed E-state index contributed by atoms with van der Waals surface area (Å²) in [5, 5.41) is 5.01. The molecule has 0 radical (unpaired) electrons. The zero-order chi connectivity index (χ0) is 20.6. The van der Waals surface area contributed by atoms with E-state index in [0.29, 0.717) is 18.2 Å². The molecule has 0 amide bonds.